The van der Waals surface area contributed by atoms with Crippen molar-refractivity contribution in [2.75, 3.05) is 7.11 Å². The van der Waals surface area contributed by atoms with E-state index >= 15 is 0 Å². The molecule has 1 aliphatic carbocycles. The molecule has 0 spiro atoms. The summed E-state index contributed by atoms with van der Waals surface area (Å²) in [4.78, 5) is 43.8. The molecule has 0 amide bonds. The van der Waals surface area contributed by atoms with Crippen molar-refractivity contribution in [1.29, 1.82) is 0 Å². The third kappa shape index (κ3) is 4.68. The summed E-state index contributed by atoms with van der Waals surface area (Å²) in [6, 6.07) is 6.03. The van der Waals surface area contributed by atoms with Crippen LogP contribution in [0.3, 0.4) is 0 Å². The van der Waals surface area contributed by atoms with Crippen molar-refractivity contribution in [2.45, 2.75) is 52.2 Å². The molecule has 0 saturated carbocycles. The summed E-state index contributed by atoms with van der Waals surface area (Å²) in [7, 11) is 1.32. The number of hydrogen-bond acceptors (Lipinski definition) is 7. The average Bonchev–Trinajstić information content (AvgIpc) is 3.12. The fourth-order valence-corrected chi connectivity index (χ4v) is 5.40. The van der Waals surface area contributed by atoms with Crippen LogP contribution in [0.2, 0.25) is 0 Å². The van der Waals surface area contributed by atoms with E-state index in [0.29, 0.717) is 37.6 Å². The number of carbonyl (C=O) groups is 2. The molecule has 8 heteroatoms. The minimum Gasteiger partial charge on any atom is -0.465 e. The highest BCUT2D eigenvalue weighted by Gasteiger charge is 2.34. The van der Waals surface area contributed by atoms with Gasteiger partial charge in [-0.25, -0.2) is 14.6 Å². The Morgan fingerprint density at radius 2 is 1.91 bits per heavy atom. The van der Waals surface area contributed by atoms with Gasteiger partial charge in [-0.1, -0.05) is 41.7 Å². The lowest BCUT2D eigenvalue weighted by molar-refractivity contribution is -0.143. The zero-order chi connectivity index (χ0) is 24.4. The Hall–Kier alpha value is -3.26. The van der Waals surface area contributed by atoms with E-state index in [1.54, 1.807) is 49.6 Å². The van der Waals surface area contributed by atoms with Gasteiger partial charge in [-0.05, 0) is 63.6 Å². The van der Waals surface area contributed by atoms with Gasteiger partial charge in [0, 0.05) is 0 Å². The van der Waals surface area contributed by atoms with Gasteiger partial charge in [0.05, 0.1) is 40.6 Å². The van der Waals surface area contributed by atoms with Gasteiger partial charge in [0.25, 0.3) is 5.56 Å². The van der Waals surface area contributed by atoms with Crippen LogP contribution in [0.25, 0.3) is 6.08 Å². The summed E-state index contributed by atoms with van der Waals surface area (Å²) >= 11 is 1.34. The number of allylic oxidation sites excluding steroid dienone is 3. The van der Waals surface area contributed by atoms with Crippen molar-refractivity contribution in [3.63, 3.8) is 0 Å². The number of methoxy groups -OCH3 is 1. The molecule has 1 aromatic heterocycles. The van der Waals surface area contributed by atoms with Crippen molar-refractivity contribution >= 4 is 29.4 Å². The molecule has 0 fully saturated rings. The number of benzene rings is 1. The molecule has 1 aliphatic heterocycles. The van der Waals surface area contributed by atoms with Crippen molar-refractivity contribution in [1.82, 2.24) is 4.57 Å². The highest BCUT2D eigenvalue weighted by atomic mass is 32.1. The molecule has 0 radical (unpaired) electrons. The number of rotatable bonds is 5. The third-order valence-corrected chi connectivity index (χ3v) is 6.93. The lowest BCUT2D eigenvalue weighted by atomic mass is 9.94. The van der Waals surface area contributed by atoms with E-state index in [2.05, 4.69) is 17.1 Å². The Balaban J connectivity index is 1.87. The molecular formula is C26H28N2O5S. The van der Waals surface area contributed by atoms with Gasteiger partial charge in [0.1, 0.15) is 0 Å². The fraction of sp³-hybridized carbons (Fsp3) is 0.385. The number of hydrogen-bond donors (Lipinski definition) is 0. The first-order valence-electron chi connectivity index (χ1n) is 11.4. The van der Waals surface area contributed by atoms with Gasteiger partial charge >= 0.3 is 11.9 Å². The van der Waals surface area contributed by atoms with Gasteiger partial charge in [-0.2, -0.15) is 0 Å². The number of carbonyl (C=O) groups excluding carboxylic acids is 2. The largest absolute Gasteiger partial charge is 0.465 e. The minimum absolute atomic E-state index is 0.178. The van der Waals surface area contributed by atoms with Gasteiger partial charge in [-0.15, -0.1) is 0 Å². The SMILES string of the molecule is COC(=O)c1ccc(C2C(C(=O)OC(C)C)=C(C)N=c3sc(=CC4CC=CCC4)c(=O)n32)cc1. The molecular weight excluding hydrogens is 452 g/mol. The summed E-state index contributed by atoms with van der Waals surface area (Å²) in [5.74, 6) is -0.663. The van der Waals surface area contributed by atoms with Crippen molar-refractivity contribution < 1.29 is 19.1 Å². The monoisotopic (exact) mass is 480 g/mol. The predicted molar refractivity (Wildman–Crippen MR) is 130 cm³/mol. The van der Waals surface area contributed by atoms with Crippen LogP contribution >= 0.6 is 11.3 Å². The van der Waals surface area contributed by atoms with Crippen LogP contribution in [0.1, 0.15) is 62.0 Å². The Labute approximate surface area is 201 Å². The average molecular weight is 481 g/mol. The first-order chi connectivity index (χ1) is 16.3. The molecule has 2 atom stereocenters. The van der Waals surface area contributed by atoms with Gasteiger partial charge in [0.15, 0.2) is 4.80 Å². The van der Waals surface area contributed by atoms with Gasteiger partial charge in [-0.3, -0.25) is 9.36 Å². The smallest absolute Gasteiger partial charge is 0.338 e. The van der Waals surface area contributed by atoms with Crippen LogP contribution in [-0.2, 0) is 14.3 Å². The molecule has 2 unspecified atom stereocenters. The van der Waals surface area contributed by atoms with Gasteiger partial charge in [0.2, 0.25) is 0 Å². The maximum Gasteiger partial charge on any atom is 0.338 e. The number of ether oxygens (including phenoxy) is 2. The van der Waals surface area contributed by atoms with E-state index in [1.807, 2.05) is 6.08 Å². The van der Waals surface area contributed by atoms with Crippen LogP contribution in [0, 0.1) is 5.92 Å². The quantitative estimate of drug-likeness (QED) is 0.484. The topological polar surface area (TPSA) is 87.0 Å². The summed E-state index contributed by atoms with van der Waals surface area (Å²) in [6.07, 6.45) is 8.94. The van der Waals surface area contributed by atoms with Crippen LogP contribution in [0.5, 0.6) is 0 Å². The second kappa shape index (κ2) is 9.93. The second-order valence-electron chi connectivity index (χ2n) is 8.72. The second-order valence-corrected chi connectivity index (χ2v) is 9.73. The summed E-state index contributed by atoms with van der Waals surface area (Å²) in [5.41, 5.74) is 1.73. The highest BCUT2D eigenvalue weighted by molar-refractivity contribution is 7.07. The molecule has 4 rings (SSSR count). The Bertz CT molecular complexity index is 1340. The summed E-state index contributed by atoms with van der Waals surface area (Å²) < 4.78 is 12.5. The van der Waals surface area contributed by atoms with Gasteiger partial charge < -0.3 is 9.47 Å². The predicted octanol–water partition coefficient (Wildman–Crippen LogP) is 3.28. The standard InChI is InChI=1S/C26H28N2O5S/c1-15(2)33-25(31)21-16(3)27-26-28(22(21)18-10-12-19(13-11-18)24(30)32-4)23(29)20(34-26)14-17-8-6-5-7-9-17/h5-6,10-15,17,22H,7-9H2,1-4H3. The number of aromatic nitrogens is 1. The van der Waals surface area contributed by atoms with E-state index in [4.69, 9.17) is 9.47 Å². The molecule has 0 saturated heterocycles. The molecule has 2 aliphatic rings. The fourth-order valence-electron chi connectivity index (χ4n) is 4.29. The van der Waals surface area contributed by atoms with Crippen LogP contribution in [-0.4, -0.2) is 29.7 Å². The summed E-state index contributed by atoms with van der Waals surface area (Å²) in [5, 5.41) is 0. The highest BCUT2D eigenvalue weighted by Crippen LogP contribution is 2.31. The third-order valence-electron chi connectivity index (χ3n) is 5.93. The number of esters is 2. The van der Waals surface area contributed by atoms with E-state index in [0.717, 1.165) is 19.3 Å². The number of thiazole rings is 1. The molecule has 34 heavy (non-hydrogen) atoms. The van der Waals surface area contributed by atoms with E-state index in [1.165, 1.54) is 18.4 Å². The normalized spacial score (nSPS) is 20.2. The molecule has 178 valence electrons. The molecule has 1 aromatic carbocycles. The lowest BCUT2D eigenvalue weighted by Crippen LogP contribution is -2.40. The first-order valence-corrected chi connectivity index (χ1v) is 12.2. The van der Waals surface area contributed by atoms with Crippen LogP contribution in [0.15, 0.2) is 57.5 Å². The number of nitrogens with zero attached hydrogens (tertiary/aromatic N) is 2. The maximum absolute atomic E-state index is 13.6. The van der Waals surface area contributed by atoms with E-state index in [9.17, 15) is 14.4 Å². The Morgan fingerprint density at radius 3 is 2.53 bits per heavy atom. The van der Waals surface area contributed by atoms with E-state index in [-0.39, 0.29) is 11.7 Å². The zero-order valence-electron chi connectivity index (χ0n) is 19.7. The molecule has 0 N–H and O–H groups in total. The molecule has 7 nitrogen and oxygen atoms in total. The van der Waals surface area contributed by atoms with Crippen molar-refractivity contribution in [3.8, 4) is 0 Å². The first kappa shape index (κ1) is 23.9. The lowest BCUT2D eigenvalue weighted by Gasteiger charge is -2.25. The van der Waals surface area contributed by atoms with Crippen molar-refractivity contribution in [2.24, 2.45) is 10.9 Å². The minimum atomic E-state index is -0.706. The Morgan fingerprint density at radius 1 is 1.18 bits per heavy atom. The maximum atomic E-state index is 13.6. The van der Waals surface area contributed by atoms with Crippen molar-refractivity contribution in [3.05, 3.63) is 78.5 Å². The zero-order valence-corrected chi connectivity index (χ0v) is 20.6. The Kier molecular flexibility index (Phi) is 6.97. The number of fused-ring (bicyclic) bond motifs is 1. The molecule has 2 heterocycles. The van der Waals surface area contributed by atoms with Crippen LogP contribution < -0.4 is 14.9 Å². The van der Waals surface area contributed by atoms with E-state index < -0.39 is 18.0 Å². The summed E-state index contributed by atoms with van der Waals surface area (Å²) in [6.45, 7) is 5.32. The molecule has 2 aromatic rings. The molecule has 0 bridgehead atoms. The van der Waals surface area contributed by atoms with Crippen LogP contribution in [0.4, 0.5) is 0 Å².